The lowest BCUT2D eigenvalue weighted by molar-refractivity contribution is 0.0717. The highest BCUT2D eigenvalue weighted by molar-refractivity contribution is 6.32. The Morgan fingerprint density at radius 2 is 1.88 bits per heavy atom. The fraction of sp³-hybridized carbons (Fsp3) is 0.333. The monoisotopic (exact) mass is 364 g/mol. The minimum absolute atomic E-state index is 0.207. The van der Waals surface area contributed by atoms with Crippen LogP contribution in [0.25, 0.3) is 11.1 Å². The van der Waals surface area contributed by atoms with Crippen LogP contribution in [0.4, 0.5) is 0 Å². The van der Waals surface area contributed by atoms with Crippen molar-refractivity contribution in [2.24, 2.45) is 0 Å². The van der Waals surface area contributed by atoms with Gasteiger partial charge in [0.25, 0.3) is 5.91 Å². The number of halogens is 2. The number of amides is 1. The lowest BCUT2D eigenvalue weighted by Crippen LogP contribution is -2.45. The van der Waals surface area contributed by atoms with E-state index in [4.69, 9.17) is 23.2 Å². The van der Waals surface area contributed by atoms with Crippen molar-refractivity contribution in [2.75, 3.05) is 0 Å². The van der Waals surface area contributed by atoms with Crippen LogP contribution in [0.5, 0.6) is 0 Å². The molecule has 1 amide bonds. The Morgan fingerprint density at radius 3 is 2.58 bits per heavy atom. The molecule has 2 aromatic rings. The predicted octanol–water partition coefficient (Wildman–Crippen LogP) is 4.09. The molecule has 2 unspecified atom stereocenters. The molecule has 1 aromatic heterocycles. The van der Waals surface area contributed by atoms with E-state index in [0.29, 0.717) is 21.3 Å². The van der Waals surface area contributed by atoms with E-state index < -0.39 is 6.10 Å². The van der Waals surface area contributed by atoms with Gasteiger partial charge in [-0.3, -0.25) is 4.79 Å². The van der Waals surface area contributed by atoms with E-state index in [1.165, 1.54) is 6.20 Å². The molecule has 1 aromatic carbocycles. The van der Waals surface area contributed by atoms with Gasteiger partial charge in [-0.05, 0) is 36.6 Å². The van der Waals surface area contributed by atoms with Crippen LogP contribution in [0, 0.1) is 0 Å². The van der Waals surface area contributed by atoms with Crippen LogP contribution in [0.2, 0.25) is 10.2 Å². The smallest absolute Gasteiger partial charge is 0.253 e. The molecule has 0 bridgehead atoms. The fourth-order valence-electron chi connectivity index (χ4n) is 2.94. The van der Waals surface area contributed by atoms with Crippen LogP contribution in [-0.4, -0.2) is 28.1 Å². The number of aliphatic hydroxyl groups excluding tert-OH is 1. The highest BCUT2D eigenvalue weighted by Crippen LogP contribution is 2.28. The summed E-state index contributed by atoms with van der Waals surface area (Å²) in [6, 6.07) is 8.69. The number of benzene rings is 1. The molecule has 24 heavy (non-hydrogen) atoms. The first-order valence-corrected chi connectivity index (χ1v) is 8.70. The van der Waals surface area contributed by atoms with Gasteiger partial charge in [-0.2, -0.15) is 0 Å². The minimum atomic E-state index is -0.487. The molecule has 2 N–H and O–H groups in total. The molecule has 0 radical (unpaired) electrons. The maximum Gasteiger partial charge on any atom is 0.253 e. The third-order valence-corrected chi connectivity index (χ3v) is 4.86. The largest absolute Gasteiger partial charge is 0.391 e. The highest BCUT2D eigenvalue weighted by Gasteiger charge is 2.25. The van der Waals surface area contributed by atoms with Crippen LogP contribution >= 0.6 is 23.2 Å². The zero-order valence-electron chi connectivity index (χ0n) is 13.0. The average Bonchev–Trinajstić information content (AvgIpc) is 2.58. The number of carbonyl (C=O) groups excluding carboxylic acids is 1. The van der Waals surface area contributed by atoms with Gasteiger partial charge in [0.2, 0.25) is 0 Å². The van der Waals surface area contributed by atoms with Gasteiger partial charge in [0.05, 0.1) is 17.7 Å². The van der Waals surface area contributed by atoms with E-state index in [2.05, 4.69) is 10.3 Å². The molecule has 2 atom stereocenters. The number of aromatic nitrogens is 1. The first-order valence-electron chi connectivity index (χ1n) is 7.95. The molecule has 1 aliphatic carbocycles. The van der Waals surface area contributed by atoms with E-state index in [9.17, 15) is 9.90 Å². The molecule has 1 fully saturated rings. The Hall–Kier alpha value is -1.62. The van der Waals surface area contributed by atoms with Gasteiger partial charge in [-0.15, -0.1) is 0 Å². The number of hydrogen-bond acceptors (Lipinski definition) is 3. The van der Waals surface area contributed by atoms with Crippen LogP contribution in [-0.2, 0) is 0 Å². The van der Waals surface area contributed by atoms with Gasteiger partial charge in [-0.25, -0.2) is 4.98 Å². The number of nitrogens with zero attached hydrogens (tertiary/aromatic N) is 1. The third-order valence-electron chi connectivity index (χ3n) is 4.30. The normalized spacial score (nSPS) is 20.6. The standard InChI is InChI=1S/C18H18Cl2N2O2/c19-13-7-5-11(6-8-13)14-9-12(10-21-17(14)20)18(24)22-15-3-1-2-4-16(15)23/h5-10,15-16,23H,1-4H2,(H,22,24). The van der Waals surface area contributed by atoms with Crippen LogP contribution in [0.15, 0.2) is 36.5 Å². The van der Waals surface area contributed by atoms with Crippen molar-refractivity contribution in [3.63, 3.8) is 0 Å². The molecular formula is C18H18Cl2N2O2. The van der Waals surface area contributed by atoms with Crippen molar-refractivity contribution in [1.29, 1.82) is 0 Å². The van der Waals surface area contributed by atoms with Crippen molar-refractivity contribution in [3.05, 3.63) is 52.3 Å². The van der Waals surface area contributed by atoms with E-state index in [0.717, 1.165) is 31.2 Å². The summed E-state index contributed by atoms with van der Waals surface area (Å²) in [5.41, 5.74) is 1.93. The Balaban J connectivity index is 1.82. The molecule has 6 heteroatoms. The molecule has 1 aliphatic rings. The lowest BCUT2D eigenvalue weighted by atomic mass is 9.92. The molecule has 4 nitrogen and oxygen atoms in total. The first kappa shape index (κ1) is 17.2. The molecule has 1 heterocycles. The van der Waals surface area contributed by atoms with Gasteiger partial charge in [-0.1, -0.05) is 48.2 Å². The zero-order valence-corrected chi connectivity index (χ0v) is 14.5. The number of rotatable bonds is 3. The number of pyridine rings is 1. The van der Waals surface area contributed by atoms with Gasteiger partial charge >= 0.3 is 0 Å². The van der Waals surface area contributed by atoms with Gasteiger partial charge in [0.15, 0.2) is 0 Å². The van der Waals surface area contributed by atoms with Crippen LogP contribution < -0.4 is 5.32 Å². The number of aliphatic hydroxyl groups is 1. The maximum atomic E-state index is 12.5. The van der Waals surface area contributed by atoms with Gasteiger partial charge < -0.3 is 10.4 Å². The highest BCUT2D eigenvalue weighted by atomic mass is 35.5. The van der Waals surface area contributed by atoms with E-state index >= 15 is 0 Å². The summed E-state index contributed by atoms with van der Waals surface area (Å²) in [7, 11) is 0. The number of carbonyl (C=O) groups is 1. The van der Waals surface area contributed by atoms with Crippen molar-refractivity contribution in [1.82, 2.24) is 10.3 Å². The number of hydrogen-bond donors (Lipinski definition) is 2. The van der Waals surface area contributed by atoms with E-state index in [-0.39, 0.29) is 11.9 Å². The average molecular weight is 365 g/mol. The molecule has 126 valence electrons. The summed E-state index contributed by atoms with van der Waals surface area (Å²) in [5, 5.41) is 13.9. The van der Waals surface area contributed by atoms with Crippen molar-refractivity contribution < 1.29 is 9.90 Å². The van der Waals surface area contributed by atoms with Gasteiger partial charge in [0.1, 0.15) is 5.15 Å². The molecule has 0 spiro atoms. The summed E-state index contributed by atoms with van der Waals surface area (Å²) in [5.74, 6) is -0.250. The Morgan fingerprint density at radius 1 is 1.17 bits per heavy atom. The molecule has 3 rings (SSSR count). The van der Waals surface area contributed by atoms with Gasteiger partial charge in [0, 0.05) is 16.8 Å². The van der Waals surface area contributed by atoms with E-state index in [1.807, 2.05) is 12.1 Å². The third kappa shape index (κ3) is 3.89. The summed E-state index contributed by atoms with van der Waals surface area (Å²) < 4.78 is 0. The predicted molar refractivity (Wildman–Crippen MR) is 95.4 cm³/mol. The SMILES string of the molecule is O=C(NC1CCCCC1O)c1cnc(Cl)c(-c2ccc(Cl)cc2)c1. The first-order chi connectivity index (χ1) is 11.5. The Bertz CT molecular complexity index is 734. The molecule has 0 saturated heterocycles. The van der Waals surface area contributed by atoms with Crippen LogP contribution in [0.3, 0.4) is 0 Å². The van der Waals surface area contributed by atoms with Crippen molar-refractivity contribution in [3.8, 4) is 11.1 Å². The van der Waals surface area contributed by atoms with Crippen molar-refractivity contribution >= 4 is 29.1 Å². The maximum absolute atomic E-state index is 12.5. The number of nitrogens with one attached hydrogen (secondary N) is 1. The fourth-order valence-corrected chi connectivity index (χ4v) is 3.27. The molecule has 0 aliphatic heterocycles. The van der Waals surface area contributed by atoms with Crippen molar-refractivity contribution in [2.45, 2.75) is 37.8 Å². The topological polar surface area (TPSA) is 62.2 Å². The second-order valence-corrected chi connectivity index (χ2v) is 6.80. The lowest BCUT2D eigenvalue weighted by Gasteiger charge is -2.28. The summed E-state index contributed by atoms with van der Waals surface area (Å²) in [6.45, 7) is 0. The van der Waals surface area contributed by atoms with E-state index in [1.54, 1.807) is 18.2 Å². The summed E-state index contributed by atoms with van der Waals surface area (Å²) in [6.07, 6.45) is 4.48. The summed E-state index contributed by atoms with van der Waals surface area (Å²) in [4.78, 5) is 16.6. The summed E-state index contributed by atoms with van der Waals surface area (Å²) >= 11 is 12.1. The Labute approximate surface area is 150 Å². The molecule has 1 saturated carbocycles. The molecular weight excluding hydrogens is 347 g/mol. The quantitative estimate of drug-likeness (QED) is 0.806. The second kappa shape index (κ2) is 7.51. The zero-order chi connectivity index (χ0) is 17.1. The van der Waals surface area contributed by atoms with Crippen LogP contribution in [0.1, 0.15) is 36.0 Å². The Kier molecular flexibility index (Phi) is 5.39. The minimum Gasteiger partial charge on any atom is -0.391 e. The second-order valence-electron chi connectivity index (χ2n) is 6.00.